The Hall–Kier alpha value is -1.09. The average molecular weight is 178 g/mol. The van der Waals surface area contributed by atoms with Crippen molar-refractivity contribution in [3.63, 3.8) is 0 Å². The van der Waals surface area contributed by atoms with Gasteiger partial charge in [0.15, 0.2) is 0 Å². The first-order chi connectivity index (χ1) is 5.77. The van der Waals surface area contributed by atoms with Crippen LogP contribution in [0.25, 0.3) is 10.6 Å². The van der Waals surface area contributed by atoms with E-state index >= 15 is 0 Å². The molecule has 62 valence electrons. The van der Waals surface area contributed by atoms with Crippen molar-refractivity contribution in [1.29, 1.82) is 0 Å². The molecule has 2 aromatic heterocycles. The third-order valence-corrected chi connectivity index (χ3v) is 2.86. The lowest BCUT2D eigenvalue weighted by molar-refractivity contribution is 1.15. The first-order valence-corrected chi connectivity index (χ1v) is 4.71. The number of hydrogen-bond donors (Lipinski definition) is 1. The Morgan fingerprint density at radius 2 is 2.25 bits per heavy atom. The molecule has 2 rings (SSSR count). The summed E-state index contributed by atoms with van der Waals surface area (Å²) in [7, 11) is 0. The van der Waals surface area contributed by atoms with Crippen LogP contribution in [0.15, 0.2) is 17.6 Å². The maximum Gasteiger partial charge on any atom is 0.103 e. The maximum atomic E-state index is 4.16. The van der Waals surface area contributed by atoms with Crippen LogP contribution in [0.1, 0.15) is 11.4 Å². The summed E-state index contributed by atoms with van der Waals surface area (Å²) in [6, 6.07) is 2.12. The van der Waals surface area contributed by atoms with Gasteiger partial charge in [-0.25, -0.2) is 4.98 Å². The quantitative estimate of drug-likeness (QED) is 0.714. The van der Waals surface area contributed by atoms with Gasteiger partial charge in [0.25, 0.3) is 0 Å². The lowest BCUT2D eigenvalue weighted by atomic mass is 10.2. The summed E-state index contributed by atoms with van der Waals surface area (Å²) in [6.07, 6.45) is 1.88. The van der Waals surface area contributed by atoms with E-state index in [9.17, 15) is 0 Å². The Labute approximate surface area is 75.3 Å². The Morgan fingerprint density at radius 3 is 2.75 bits per heavy atom. The summed E-state index contributed by atoms with van der Waals surface area (Å²) < 4.78 is 0. The normalized spacial score (nSPS) is 10.5. The van der Waals surface area contributed by atoms with Gasteiger partial charge in [-0.1, -0.05) is 0 Å². The third-order valence-electron chi connectivity index (χ3n) is 1.81. The van der Waals surface area contributed by atoms with Gasteiger partial charge in [-0.3, -0.25) is 0 Å². The molecule has 0 aliphatic heterocycles. The number of nitrogens with zero attached hydrogens (tertiary/aromatic N) is 1. The summed E-state index contributed by atoms with van der Waals surface area (Å²) >= 11 is 1.74. The van der Waals surface area contributed by atoms with Crippen LogP contribution in [0, 0.1) is 13.8 Å². The van der Waals surface area contributed by atoms with Crippen molar-refractivity contribution < 1.29 is 0 Å². The molecule has 0 unspecified atom stereocenters. The molecule has 2 nitrogen and oxygen atoms in total. The molecular weight excluding hydrogens is 168 g/mol. The van der Waals surface area contributed by atoms with Gasteiger partial charge in [-0.2, -0.15) is 0 Å². The van der Waals surface area contributed by atoms with E-state index in [1.165, 1.54) is 10.4 Å². The SMILES string of the molecule is Cc1ncc(-c2sccc2C)[nH]1. The van der Waals surface area contributed by atoms with E-state index in [0.29, 0.717) is 0 Å². The summed E-state index contributed by atoms with van der Waals surface area (Å²) in [4.78, 5) is 8.67. The minimum absolute atomic E-state index is 0.970. The minimum atomic E-state index is 0.970. The van der Waals surface area contributed by atoms with Gasteiger partial charge < -0.3 is 4.98 Å². The molecule has 0 atom stereocenters. The third kappa shape index (κ3) is 1.16. The van der Waals surface area contributed by atoms with Crippen LogP contribution < -0.4 is 0 Å². The van der Waals surface area contributed by atoms with Gasteiger partial charge in [0.2, 0.25) is 0 Å². The summed E-state index contributed by atoms with van der Waals surface area (Å²) in [5.74, 6) is 0.970. The lowest BCUT2D eigenvalue weighted by Gasteiger charge is -1.92. The number of aromatic nitrogens is 2. The fourth-order valence-corrected chi connectivity index (χ4v) is 2.08. The molecule has 0 bridgehead atoms. The van der Waals surface area contributed by atoms with Crippen molar-refractivity contribution in [2.75, 3.05) is 0 Å². The molecule has 0 aromatic carbocycles. The van der Waals surface area contributed by atoms with Crippen molar-refractivity contribution in [2.45, 2.75) is 13.8 Å². The predicted molar refractivity (Wildman–Crippen MR) is 51.4 cm³/mol. The molecule has 3 heteroatoms. The first-order valence-electron chi connectivity index (χ1n) is 3.83. The van der Waals surface area contributed by atoms with E-state index in [0.717, 1.165) is 11.5 Å². The highest BCUT2D eigenvalue weighted by molar-refractivity contribution is 7.13. The number of thiophene rings is 1. The highest BCUT2D eigenvalue weighted by Crippen LogP contribution is 2.26. The molecule has 0 radical (unpaired) electrons. The van der Waals surface area contributed by atoms with Gasteiger partial charge in [0.1, 0.15) is 5.82 Å². The van der Waals surface area contributed by atoms with E-state index in [1.807, 2.05) is 13.1 Å². The molecule has 0 spiro atoms. The van der Waals surface area contributed by atoms with Gasteiger partial charge in [0, 0.05) is 0 Å². The number of imidazole rings is 1. The molecule has 12 heavy (non-hydrogen) atoms. The molecule has 2 aromatic rings. The van der Waals surface area contributed by atoms with E-state index in [4.69, 9.17) is 0 Å². The van der Waals surface area contributed by atoms with Crippen LogP contribution in [-0.2, 0) is 0 Å². The maximum absolute atomic E-state index is 4.16. The number of rotatable bonds is 1. The molecule has 0 amide bonds. The molecule has 0 aliphatic rings. The molecule has 0 aliphatic carbocycles. The Balaban J connectivity index is 2.50. The van der Waals surface area contributed by atoms with E-state index in [1.54, 1.807) is 11.3 Å². The number of H-pyrrole nitrogens is 1. The molecule has 2 heterocycles. The number of aryl methyl sites for hydroxylation is 2. The summed E-state index contributed by atoms with van der Waals surface area (Å²) in [5.41, 5.74) is 2.43. The van der Waals surface area contributed by atoms with Crippen LogP contribution in [0.2, 0.25) is 0 Å². The molecule has 1 N–H and O–H groups in total. The van der Waals surface area contributed by atoms with E-state index in [2.05, 4.69) is 28.3 Å². The van der Waals surface area contributed by atoms with Gasteiger partial charge in [-0.05, 0) is 30.9 Å². The van der Waals surface area contributed by atoms with Crippen molar-refractivity contribution in [3.8, 4) is 10.6 Å². The Morgan fingerprint density at radius 1 is 1.42 bits per heavy atom. The number of aromatic amines is 1. The van der Waals surface area contributed by atoms with E-state index < -0.39 is 0 Å². The zero-order valence-electron chi connectivity index (χ0n) is 7.09. The summed E-state index contributed by atoms with van der Waals surface area (Å²) in [6.45, 7) is 4.08. The van der Waals surface area contributed by atoms with Crippen LogP contribution in [0.5, 0.6) is 0 Å². The second kappa shape index (κ2) is 2.75. The topological polar surface area (TPSA) is 28.7 Å². The second-order valence-electron chi connectivity index (χ2n) is 2.82. The fourth-order valence-electron chi connectivity index (χ4n) is 1.18. The largest absolute Gasteiger partial charge is 0.342 e. The molecule has 0 saturated carbocycles. The Kier molecular flexibility index (Phi) is 1.73. The second-order valence-corrected chi connectivity index (χ2v) is 3.73. The van der Waals surface area contributed by atoms with Crippen molar-refractivity contribution >= 4 is 11.3 Å². The highest BCUT2D eigenvalue weighted by Gasteiger charge is 2.04. The molecular formula is C9H10N2S. The van der Waals surface area contributed by atoms with Crippen LogP contribution >= 0.6 is 11.3 Å². The average Bonchev–Trinajstić information content (AvgIpc) is 2.58. The van der Waals surface area contributed by atoms with Crippen molar-refractivity contribution in [3.05, 3.63) is 29.0 Å². The first kappa shape index (κ1) is 7.55. The van der Waals surface area contributed by atoms with Crippen LogP contribution in [-0.4, -0.2) is 9.97 Å². The smallest absolute Gasteiger partial charge is 0.103 e. The standard InChI is InChI=1S/C9H10N2S/c1-6-3-4-12-9(6)8-5-10-7(2)11-8/h3-5H,1-2H3,(H,10,11). The highest BCUT2D eigenvalue weighted by atomic mass is 32.1. The van der Waals surface area contributed by atoms with Crippen LogP contribution in [0.4, 0.5) is 0 Å². The number of nitrogens with one attached hydrogen (secondary N) is 1. The molecule has 0 fully saturated rings. The van der Waals surface area contributed by atoms with Gasteiger partial charge in [0.05, 0.1) is 16.8 Å². The monoisotopic (exact) mass is 178 g/mol. The minimum Gasteiger partial charge on any atom is -0.342 e. The van der Waals surface area contributed by atoms with Gasteiger partial charge in [-0.15, -0.1) is 11.3 Å². The zero-order chi connectivity index (χ0) is 8.55. The van der Waals surface area contributed by atoms with E-state index in [-0.39, 0.29) is 0 Å². The van der Waals surface area contributed by atoms with Gasteiger partial charge >= 0.3 is 0 Å². The van der Waals surface area contributed by atoms with Crippen molar-refractivity contribution in [1.82, 2.24) is 9.97 Å². The molecule has 0 saturated heterocycles. The number of hydrogen-bond acceptors (Lipinski definition) is 2. The zero-order valence-corrected chi connectivity index (χ0v) is 7.90. The predicted octanol–water partition coefficient (Wildman–Crippen LogP) is 2.76. The fraction of sp³-hybridized carbons (Fsp3) is 0.222. The lowest BCUT2D eigenvalue weighted by Crippen LogP contribution is -1.75. The Bertz CT molecular complexity index is 387. The van der Waals surface area contributed by atoms with Crippen molar-refractivity contribution in [2.24, 2.45) is 0 Å². The summed E-state index contributed by atoms with van der Waals surface area (Å²) in [5, 5.41) is 2.10. The van der Waals surface area contributed by atoms with Crippen LogP contribution in [0.3, 0.4) is 0 Å².